The minimum Gasteiger partial charge on any atom is -0.429 e. The molecule has 0 fully saturated rings. The fourth-order valence-electron chi connectivity index (χ4n) is 1.59. The van der Waals surface area contributed by atoms with Gasteiger partial charge in [0, 0.05) is 6.07 Å². The number of nitro groups is 1. The van der Waals surface area contributed by atoms with Gasteiger partial charge in [0.25, 0.3) is 5.88 Å². The van der Waals surface area contributed by atoms with Gasteiger partial charge in [-0.3, -0.25) is 10.1 Å². The van der Waals surface area contributed by atoms with Crippen molar-refractivity contribution in [3.05, 3.63) is 51.2 Å². The molecule has 7 nitrogen and oxygen atoms in total. The van der Waals surface area contributed by atoms with Crippen LogP contribution in [0.5, 0.6) is 11.6 Å². The van der Waals surface area contributed by atoms with Crippen molar-refractivity contribution in [3.63, 3.8) is 0 Å². The molecule has 2 rings (SSSR count). The number of nitro benzene ring substituents is 1. The summed E-state index contributed by atoms with van der Waals surface area (Å²) in [7, 11) is 0. The molecule has 0 bridgehead atoms. The molecule has 0 atom stereocenters. The highest BCUT2D eigenvalue weighted by molar-refractivity contribution is 5.51. The molecular weight excluding hydrogens is 260 g/mol. The Kier molecular flexibility index (Phi) is 3.57. The maximum Gasteiger partial charge on any atom is 0.311 e. The van der Waals surface area contributed by atoms with Crippen molar-refractivity contribution in [1.82, 2.24) is 10.2 Å². The maximum absolute atomic E-state index is 10.9. The van der Waals surface area contributed by atoms with Gasteiger partial charge in [-0.2, -0.15) is 10.4 Å². The summed E-state index contributed by atoms with van der Waals surface area (Å²) in [5.74, 6) is -0.0172. The highest BCUT2D eigenvalue weighted by Gasteiger charge is 2.18. The number of nitrogens with zero attached hydrogens (tertiary/aromatic N) is 4. The van der Waals surface area contributed by atoms with E-state index in [1.807, 2.05) is 6.07 Å². The van der Waals surface area contributed by atoms with E-state index in [4.69, 9.17) is 10.00 Å². The molecule has 2 aromatic rings. The van der Waals surface area contributed by atoms with Gasteiger partial charge in [0.2, 0.25) is 5.75 Å². The normalized spacial score (nSPS) is 9.85. The van der Waals surface area contributed by atoms with E-state index < -0.39 is 4.92 Å². The van der Waals surface area contributed by atoms with Crippen LogP contribution in [0, 0.1) is 35.3 Å². The molecule has 1 aromatic carbocycles. The molecule has 7 heteroatoms. The molecule has 20 heavy (non-hydrogen) atoms. The molecule has 0 N–H and O–H groups in total. The number of hydrogen-bond donors (Lipinski definition) is 0. The van der Waals surface area contributed by atoms with Crippen molar-refractivity contribution < 1.29 is 9.66 Å². The summed E-state index contributed by atoms with van der Waals surface area (Å²) in [6.45, 7) is 3.44. The first-order valence-electron chi connectivity index (χ1n) is 5.70. The van der Waals surface area contributed by atoms with Crippen molar-refractivity contribution >= 4 is 5.69 Å². The largest absolute Gasteiger partial charge is 0.429 e. The second kappa shape index (κ2) is 5.32. The third-order valence-corrected chi connectivity index (χ3v) is 2.80. The Labute approximate surface area is 114 Å². The van der Waals surface area contributed by atoms with Crippen LogP contribution in [-0.2, 0) is 0 Å². The molecule has 0 saturated heterocycles. The lowest BCUT2D eigenvalue weighted by Gasteiger charge is -2.08. The van der Waals surface area contributed by atoms with Crippen LogP contribution in [0.1, 0.15) is 16.8 Å². The van der Waals surface area contributed by atoms with Crippen molar-refractivity contribution in [3.8, 4) is 17.7 Å². The number of para-hydroxylation sites is 2. The topological polar surface area (TPSA) is 102 Å². The average molecular weight is 270 g/mol. The Hall–Kier alpha value is -3.01. The van der Waals surface area contributed by atoms with Gasteiger partial charge in [-0.05, 0) is 25.5 Å². The van der Waals surface area contributed by atoms with Gasteiger partial charge in [-0.1, -0.05) is 12.1 Å². The van der Waals surface area contributed by atoms with E-state index in [9.17, 15) is 10.1 Å². The van der Waals surface area contributed by atoms with Crippen LogP contribution >= 0.6 is 0 Å². The smallest absolute Gasteiger partial charge is 0.311 e. The molecule has 0 aliphatic carbocycles. The van der Waals surface area contributed by atoms with Crippen LogP contribution < -0.4 is 4.74 Å². The second-order valence-corrected chi connectivity index (χ2v) is 4.03. The molecule has 0 unspecified atom stereocenters. The number of aromatic nitrogens is 2. The van der Waals surface area contributed by atoms with Crippen LogP contribution in [0.25, 0.3) is 0 Å². The van der Waals surface area contributed by atoms with Gasteiger partial charge in [-0.15, -0.1) is 5.10 Å². The summed E-state index contributed by atoms with van der Waals surface area (Å²) in [5, 5.41) is 27.7. The van der Waals surface area contributed by atoms with E-state index in [2.05, 4.69) is 10.2 Å². The number of aryl methyl sites for hydroxylation is 1. The van der Waals surface area contributed by atoms with Gasteiger partial charge in [0.15, 0.2) is 0 Å². The third kappa shape index (κ3) is 2.40. The molecule has 100 valence electrons. The first-order valence-corrected chi connectivity index (χ1v) is 5.70. The minimum absolute atomic E-state index is 0.0200. The fourth-order valence-corrected chi connectivity index (χ4v) is 1.59. The molecule has 0 aliphatic heterocycles. The number of benzene rings is 1. The fraction of sp³-hybridized carbons (Fsp3) is 0.154. The number of hydrogen-bond acceptors (Lipinski definition) is 6. The first-order chi connectivity index (χ1) is 9.54. The summed E-state index contributed by atoms with van der Waals surface area (Å²) < 4.78 is 5.39. The molecule has 0 spiro atoms. The molecular formula is C13H10N4O3. The molecule has 0 amide bonds. The van der Waals surface area contributed by atoms with Crippen LogP contribution in [0.4, 0.5) is 5.69 Å². The lowest BCUT2D eigenvalue weighted by molar-refractivity contribution is -0.385. The predicted molar refractivity (Wildman–Crippen MR) is 69.4 cm³/mol. The highest BCUT2D eigenvalue weighted by Crippen LogP contribution is 2.32. The van der Waals surface area contributed by atoms with Gasteiger partial charge in [-0.25, -0.2) is 0 Å². The van der Waals surface area contributed by atoms with Crippen molar-refractivity contribution in [2.75, 3.05) is 0 Å². The summed E-state index contributed by atoms with van der Waals surface area (Å²) in [6.07, 6.45) is 0. The number of ether oxygens (including phenoxy) is 1. The van der Waals surface area contributed by atoms with Crippen LogP contribution in [-0.4, -0.2) is 15.1 Å². The van der Waals surface area contributed by atoms with E-state index in [0.717, 1.165) is 0 Å². The zero-order valence-electron chi connectivity index (χ0n) is 10.8. The minimum atomic E-state index is -0.560. The lowest BCUT2D eigenvalue weighted by atomic mass is 10.1. The Morgan fingerprint density at radius 1 is 1.30 bits per heavy atom. The van der Waals surface area contributed by atoms with Gasteiger partial charge >= 0.3 is 5.69 Å². The zero-order valence-corrected chi connectivity index (χ0v) is 10.8. The number of nitriles is 1. The summed E-state index contributed by atoms with van der Waals surface area (Å²) in [6, 6.07) is 7.86. The van der Waals surface area contributed by atoms with E-state index in [1.165, 1.54) is 18.2 Å². The van der Waals surface area contributed by atoms with Crippen molar-refractivity contribution in [1.29, 1.82) is 5.26 Å². The molecule has 1 heterocycles. The zero-order chi connectivity index (χ0) is 14.7. The van der Waals surface area contributed by atoms with Crippen molar-refractivity contribution in [2.24, 2.45) is 0 Å². The van der Waals surface area contributed by atoms with E-state index in [0.29, 0.717) is 11.3 Å². The standard InChI is InChI=1S/C13H10N4O3/c1-8-9(2)15-16-13(10(8)7-14)20-12-6-4-3-5-11(12)17(18)19/h3-6H,1-2H3. The molecule has 0 radical (unpaired) electrons. The van der Waals surface area contributed by atoms with E-state index in [1.54, 1.807) is 19.9 Å². The van der Waals surface area contributed by atoms with Gasteiger partial charge in [0.1, 0.15) is 11.6 Å². The molecule has 0 saturated carbocycles. The summed E-state index contributed by atoms with van der Waals surface area (Å²) >= 11 is 0. The van der Waals surface area contributed by atoms with Crippen LogP contribution in [0.3, 0.4) is 0 Å². The quantitative estimate of drug-likeness (QED) is 0.627. The Morgan fingerprint density at radius 3 is 2.65 bits per heavy atom. The third-order valence-electron chi connectivity index (χ3n) is 2.80. The molecule has 0 aliphatic rings. The monoisotopic (exact) mass is 270 g/mol. The summed E-state index contributed by atoms with van der Waals surface area (Å²) in [5.41, 5.74) is 1.26. The maximum atomic E-state index is 10.9. The number of rotatable bonds is 3. The Balaban J connectivity index is 2.49. The Bertz CT molecular complexity index is 722. The average Bonchev–Trinajstić information content (AvgIpc) is 2.43. The Morgan fingerprint density at radius 2 is 2.00 bits per heavy atom. The van der Waals surface area contributed by atoms with Crippen LogP contribution in [0.15, 0.2) is 24.3 Å². The summed E-state index contributed by atoms with van der Waals surface area (Å²) in [4.78, 5) is 10.4. The van der Waals surface area contributed by atoms with Crippen LogP contribution in [0.2, 0.25) is 0 Å². The first kappa shape index (κ1) is 13.4. The second-order valence-electron chi connectivity index (χ2n) is 4.03. The van der Waals surface area contributed by atoms with Crippen molar-refractivity contribution in [2.45, 2.75) is 13.8 Å². The lowest BCUT2D eigenvalue weighted by Crippen LogP contribution is -2.01. The van der Waals surface area contributed by atoms with E-state index >= 15 is 0 Å². The SMILES string of the molecule is Cc1nnc(Oc2ccccc2[N+](=O)[O-])c(C#N)c1C. The van der Waals surface area contributed by atoms with Gasteiger partial charge in [0.05, 0.1) is 10.6 Å². The highest BCUT2D eigenvalue weighted by atomic mass is 16.6. The predicted octanol–water partition coefficient (Wildman–Crippen LogP) is 2.67. The van der Waals surface area contributed by atoms with E-state index in [-0.39, 0.29) is 22.9 Å². The van der Waals surface area contributed by atoms with Gasteiger partial charge < -0.3 is 4.74 Å². The molecule has 1 aromatic heterocycles.